The van der Waals surface area contributed by atoms with E-state index < -0.39 is 0 Å². The summed E-state index contributed by atoms with van der Waals surface area (Å²) in [6, 6.07) is 13.7. The van der Waals surface area contributed by atoms with Gasteiger partial charge in [0.25, 0.3) is 0 Å². The molecule has 0 heterocycles. The lowest BCUT2D eigenvalue weighted by Gasteiger charge is -2.08. The number of aryl methyl sites for hydroxylation is 2. The number of benzene rings is 2. The fourth-order valence-corrected chi connectivity index (χ4v) is 2.44. The monoisotopic (exact) mass is 282 g/mol. The van der Waals surface area contributed by atoms with E-state index in [4.69, 9.17) is 4.74 Å². The fraction of sp³-hybridized carbons (Fsp3) is 0.316. The smallest absolute Gasteiger partial charge is 0.167 e. The maximum Gasteiger partial charge on any atom is 0.167 e. The third-order valence-corrected chi connectivity index (χ3v) is 3.28. The lowest BCUT2D eigenvalue weighted by Crippen LogP contribution is -2.05. The molecule has 0 unspecified atom stereocenters. The Labute approximate surface area is 126 Å². The standard InChI is InChI=1S/C19H22O2/c1-4-8-21-18-7-5-6-17(13-18)19(20)12-16-10-14(2)9-15(3)11-16/h5-7,9-11,13H,4,8,12H2,1-3H3. The molecule has 2 aromatic carbocycles. The van der Waals surface area contributed by atoms with Crippen LogP contribution in [-0.4, -0.2) is 12.4 Å². The molecule has 2 nitrogen and oxygen atoms in total. The van der Waals surface area contributed by atoms with Crippen LogP contribution in [-0.2, 0) is 6.42 Å². The summed E-state index contributed by atoms with van der Waals surface area (Å²) in [4.78, 5) is 12.4. The van der Waals surface area contributed by atoms with Crippen LogP contribution < -0.4 is 4.74 Å². The highest BCUT2D eigenvalue weighted by Gasteiger charge is 2.09. The molecule has 0 saturated heterocycles. The Morgan fingerprint density at radius 3 is 2.43 bits per heavy atom. The highest BCUT2D eigenvalue weighted by molar-refractivity contribution is 5.97. The summed E-state index contributed by atoms with van der Waals surface area (Å²) >= 11 is 0. The first kappa shape index (κ1) is 15.3. The summed E-state index contributed by atoms with van der Waals surface area (Å²) < 4.78 is 5.58. The van der Waals surface area contributed by atoms with Crippen molar-refractivity contribution < 1.29 is 9.53 Å². The molecule has 0 aliphatic carbocycles. The zero-order valence-corrected chi connectivity index (χ0v) is 13.0. The van der Waals surface area contributed by atoms with Gasteiger partial charge in [-0.1, -0.05) is 48.4 Å². The Balaban J connectivity index is 2.12. The number of ether oxygens (including phenoxy) is 1. The van der Waals surface area contributed by atoms with Crippen LogP contribution in [0, 0.1) is 13.8 Å². The average molecular weight is 282 g/mol. The number of carbonyl (C=O) groups is 1. The van der Waals surface area contributed by atoms with Gasteiger partial charge in [0.2, 0.25) is 0 Å². The van der Waals surface area contributed by atoms with E-state index in [-0.39, 0.29) is 5.78 Å². The first-order valence-electron chi connectivity index (χ1n) is 7.41. The summed E-state index contributed by atoms with van der Waals surface area (Å²) in [5.74, 6) is 0.894. The lowest BCUT2D eigenvalue weighted by atomic mass is 9.99. The van der Waals surface area contributed by atoms with Gasteiger partial charge in [0.1, 0.15) is 5.75 Å². The minimum Gasteiger partial charge on any atom is -0.494 e. The van der Waals surface area contributed by atoms with Gasteiger partial charge in [-0.15, -0.1) is 0 Å². The third kappa shape index (κ3) is 4.45. The van der Waals surface area contributed by atoms with Crippen molar-refractivity contribution in [2.45, 2.75) is 33.6 Å². The second kappa shape index (κ2) is 7.07. The largest absolute Gasteiger partial charge is 0.494 e. The molecule has 0 fully saturated rings. The Kier molecular flexibility index (Phi) is 5.15. The molecule has 0 spiro atoms. The number of rotatable bonds is 6. The number of hydrogen-bond donors (Lipinski definition) is 0. The molecule has 2 heteroatoms. The van der Waals surface area contributed by atoms with Gasteiger partial charge in [0.05, 0.1) is 6.61 Å². The second-order valence-electron chi connectivity index (χ2n) is 5.47. The molecule has 2 aromatic rings. The normalized spacial score (nSPS) is 10.4. The Hall–Kier alpha value is -2.09. The second-order valence-corrected chi connectivity index (χ2v) is 5.47. The fourth-order valence-electron chi connectivity index (χ4n) is 2.44. The van der Waals surface area contributed by atoms with Crippen LogP contribution >= 0.6 is 0 Å². The summed E-state index contributed by atoms with van der Waals surface area (Å²) in [6.07, 6.45) is 1.39. The third-order valence-electron chi connectivity index (χ3n) is 3.28. The van der Waals surface area contributed by atoms with Crippen LogP contribution in [0.3, 0.4) is 0 Å². The minimum absolute atomic E-state index is 0.127. The van der Waals surface area contributed by atoms with Crippen LogP contribution in [0.25, 0.3) is 0 Å². The van der Waals surface area contributed by atoms with Crippen molar-refractivity contribution in [1.29, 1.82) is 0 Å². The van der Waals surface area contributed by atoms with Crippen molar-refractivity contribution in [3.05, 3.63) is 64.7 Å². The molecule has 0 saturated carbocycles. The number of Topliss-reactive ketones (excluding diaryl/α,β-unsaturated/α-hetero) is 1. The van der Waals surface area contributed by atoms with Crippen LogP contribution in [0.4, 0.5) is 0 Å². The molecule has 0 radical (unpaired) electrons. The van der Waals surface area contributed by atoms with Gasteiger partial charge in [0.15, 0.2) is 5.78 Å². The summed E-state index contributed by atoms with van der Waals surface area (Å²) in [5, 5.41) is 0. The first-order valence-corrected chi connectivity index (χ1v) is 7.41. The van der Waals surface area contributed by atoms with E-state index in [1.165, 1.54) is 11.1 Å². The van der Waals surface area contributed by atoms with Gasteiger partial charge < -0.3 is 4.74 Å². The molecular weight excluding hydrogens is 260 g/mol. The van der Waals surface area contributed by atoms with Crippen molar-refractivity contribution in [1.82, 2.24) is 0 Å². The van der Waals surface area contributed by atoms with Crippen molar-refractivity contribution in [2.75, 3.05) is 6.61 Å². The first-order chi connectivity index (χ1) is 10.1. The molecule has 0 aromatic heterocycles. The van der Waals surface area contributed by atoms with Crippen LogP contribution in [0.5, 0.6) is 5.75 Å². The molecule has 0 N–H and O–H groups in total. The maximum absolute atomic E-state index is 12.4. The van der Waals surface area contributed by atoms with E-state index >= 15 is 0 Å². The van der Waals surface area contributed by atoms with Crippen LogP contribution in [0.15, 0.2) is 42.5 Å². The minimum atomic E-state index is 0.127. The molecule has 0 aliphatic heterocycles. The van der Waals surface area contributed by atoms with Gasteiger partial charge in [-0.2, -0.15) is 0 Å². The highest BCUT2D eigenvalue weighted by Crippen LogP contribution is 2.17. The SMILES string of the molecule is CCCOc1cccc(C(=O)Cc2cc(C)cc(C)c2)c1. The van der Waals surface area contributed by atoms with E-state index in [2.05, 4.69) is 39.0 Å². The van der Waals surface area contributed by atoms with E-state index in [9.17, 15) is 4.79 Å². The Morgan fingerprint density at radius 2 is 1.76 bits per heavy atom. The van der Waals surface area contributed by atoms with E-state index in [0.29, 0.717) is 18.6 Å². The van der Waals surface area contributed by atoms with Crippen molar-refractivity contribution >= 4 is 5.78 Å². The Bertz CT molecular complexity index is 609. The van der Waals surface area contributed by atoms with Gasteiger partial charge >= 0.3 is 0 Å². The van der Waals surface area contributed by atoms with Crippen molar-refractivity contribution in [3.8, 4) is 5.75 Å². The molecule has 21 heavy (non-hydrogen) atoms. The number of ketones is 1. The topological polar surface area (TPSA) is 26.3 Å². The highest BCUT2D eigenvalue weighted by atomic mass is 16.5. The van der Waals surface area contributed by atoms with Gasteiger partial charge in [-0.25, -0.2) is 0 Å². The van der Waals surface area contributed by atoms with Gasteiger partial charge in [-0.3, -0.25) is 4.79 Å². The zero-order valence-electron chi connectivity index (χ0n) is 13.0. The van der Waals surface area contributed by atoms with E-state index in [1.807, 2.05) is 24.3 Å². The molecule has 2 rings (SSSR count). The van der Waals surface area contributed by atoms with Crippen molar-refractivity contribution in [3.63, 3.8) is 0 Å². The zero-order chi connectivity index (χ0) is 15.2. The maximum atomic E-state index is 12.4. The summed E-state index contributed by atoms with van der Waals surface area (Å²) in [6.45, 7) is 6.85. The molecule has 0 atom stereocenters. The van der Waals surface area contributed by atoms with E-state index in [0.717, 1.165) is 17.7 Å². The molecular formula is C19H22O2. The molecule has 0 bridgehead atoms. The number of hydrogen-bond acceptors (Lipinski definition) is 2. The predicted molar refractivity (Wildman–Crippen MR) is 86.2 cm³/mol. The quantitative estimate of drug-likeness (QED) is 0.728. The lowest BCUT2D eigenvalue weighted by molar-refractivity contribution is 0.0992. The Morgan fingerprint density at radius 1 is 1.05 bits per heavy atom. The van der Waals surface area contributed by atoms with Crippen molar-refractivity contribution in [2.24, 2.45) is 0 Å². The van der Waals surface area contributed by atoms with Gasteiger partial charge in [0, 0.05) is 12.0 Å². The number of carbonyl (C=O) groups excluding carboxylic acids is 1. The van der Waals surface area contributed by atoms with E-state index in [1.54, 1.807) is 0 Å². The van der Waals surface area contributed by atoms with Gasteiger partial charge in [-0.05, 0) is 38.0 Å². The molecule has 0 amide bonds. The predicted octanol–water partition coefficient (Wildman–Crippen LogP) is 4.52. The molecule has 0 aliphatic rings. The summed E-state index contributed by atoms with van der Waals surface area (Å²) in [5.41, 5.74) is 4.16. The van der Waals surface area contributed by atoms with Crippen LogP contribution in [0.1, 0.15) is 40.4 Å². The average Bonchev–Trinajstić information content (AvgIpc) is 2.44. The van der Waals surface area contributed by atoms with Crippen LogP contribution in [0.2, 0.25) is 0 Å². The molecule has 110 valence electrons. The summed E-state index contributed by atoms with van der Waals surface area (Å²) in [7, 11) is 0.